The number of amides is 1. The average Bonchev–Trinajstić information content (AvgIpc) is 2.59. The van der Waals surface area contributed by atoms with Gasteiger partial charge in [0.05, 0.1) is 18.1 Å². The van der Waals surface area contributed by atoms with Gasteiger partial charge in [0.1, 0.15) is 5.75 Å². The van der Waals surface area contributed by atoms with E-state index in [2.05, 4.69) is 5.32 Å². The fourth-order valence-corrected chi connectivity index (χ4v) is 2.56. The van der Waals surface area contributed by atoms with Crippen LogP contribution in [-0.4, -0.2) is 17.9 Å². The number of hydrogen-bond donors (Lipinski definition) is 1. The number of ether oxygens (including phenoxy) is 1. The molecule has 0 aliphatic carbocycles. The maximum absolute atomic E-state index is 12.5. The average molecular weight is 328 g/mol. The zero-order valence-corrected chi connectivity index (χ0v) is 13.9. The predicted molar refractivity (Wildman–Crippen MR) is 91.3 cm³/mol. The maximum atomic E-state index is 12.5. The minimum Gasteiger partial charge on any atom is -0.497 e. The zero-order chi connectivity index (χ0) is 17.7. The van der Waals surface area contributed by atoms with E-state index in [9.17, 15) is 14.9 Å². The van der Waals surface area contributed by atoms with E-state index in [1.165, 1.54) is 12.1 Å². The van der Waals surface area contributed by atoms with Crippen LogP contribution in [0.5, 0.6) is 5.75 Å². The van der Waals surface area contributed by atoms with E-state index in [1.54, 1.807) is 20.1 Å². The Labute approximate surface area is 140 Å². The molecular formula is C18H20N2O4. The lowest BCUT2D eigenvalue weighted by Gasteiger charge is -2.18. The lowest BCUT2D eigenvalue weighted by atomic mass is 10.0. The zero-order valence-electron chi connectivity index (χ0n) is 13.9. The van der Waals surface area contributed by atoms with Crippen molar-refractivity contribution >= 4 is 11.6 Å². The number of carbonyl (C=O) groups is 1. The number of rotatable bonds is 6. The van der Waals surface area contributed by atoms with Crippen LogP contribution in [0, 0.1) is 17.0 Å². The molecule has 2 aromatic rings. The first kappa shape index (κ1) is 17.5. The Bertz CT molecular complexity index is 741. The normalized spacial score (nSPS) is 11.6. The highest BCUT2D eigenvalue weighted by Gasteiger charge is 2.20. The number of methoxy groups -OCH3 is 1. The highest BCUT2D eigenvalue weighted by atomic mass is 16.6. The van der Waals surface area contributed by atoms with E-state index in [4.69, 9.17) is 4.74 Å². The van der Waals surface area contributed by atoms with Crippen molar-refractivity contribution in [3.63, 3.8) is 0 Å². The van der Waals surface area contributed by atoms with E-state index in [0.717, 1.165) is 11.3 Å². The summed E-state index contributed by atoms with van der Waals surface area (Å²) in [5.74, 6) is 0.424. The van der Waals surface area contributed by atoms with Crippen LogP contribution in [0.25, 0.3) is 0 Å². The molecule has 2 aromatic carbocycles. The molecule has 1 amide bonds. The number of carbonyl (C=O) groups excluding carboxylic acids is 1. The Morgan fingerprint density at radius 2 is 1.92 bits per heavy atom. The molecule has 1 N–H and O–H groups in total. The number of nitro groups is 1. The molecule has 1 atom stereocenters. The third kappa shape index (κ3) is 3.71. The Kier molecular flexibility index (Phi) is 5.52. The summed E-state index contributed by atoms with van der Waals surface area (Å²) in [4.78, 5) is 23.1. The molecular weight excluding hydrogens is 308 g/mol. The quantitative estimate of drug-likeness (QED) is 0.646. The van der Waals surface area contributed by atoms with Crippen LogP contribution >= 0.6 is 0 Å². The number of nitro benzene ring substituents is 1. The minimum absolute atomic E-state index is 0.0554. The van der Waals surface area contributed by atoms with Gasteiger partial charge in [-0.3, -0.25) is 14.9 Å². The SMILES string of the molecule is CCC(NC(=O)c1cccc([N+](=O)[O-])c1C)c1ccc(OC)cc1. The van der Waals surface area contributed by atoms with Crippen LogP contribution in [0.4, 0.5) is 5.69 Å². The number of hydrogen-bond acceptors (Lipinski definition) is 4. The molecule has 0 radical (unpaired) electrons. The van der Waals surface area contributed by atoms with Crippen molar-refractivity contribution in [1.82, 2.24) is 5.32 Å². The van der Waals surface area contributed by atoms with Crippen molar-refractivity contribution in [3.8, 4) is 5.75 Å². The Morgan fingerprint density at radius 1 is 1.25 bits per heavy atom. The first-order valence-corrected chi connectivity index (χ1v) is 7.66. The topological polar surface area (TPSA) is 81.5 Å². The fraction of sp³-hybridized carbons (Fsp3) is 0.278. The summed E-state index contributed by atoms with van der Waals surface area (Å²) in [7, 11) is 1.60. The van der Waals surface area contributed by atoms with Gasteiger partial charge in [0.2, 0.25) is 0 Å². The van der Waals surface area contributed by atoms with Gasteiger partial charge in [-0.05, 0) is 37.1 Å². The molecule has 0 heterocycles. The summed E-state index contributed by atoms with van der Waals surface area (Å²) < 4.78 is 5.13. The lowest BCUT2D eigenvalue weighted by molar-refractivity contribution is -0.385. The van der Waals surface area contributed by atoms with Gasteiger partial charge in [-0.2, -0.15) is 0 Å². The molecule has 1 unspecified atom stereocenters. The number of nitrogens with zero attached hydrogens (tertiary/aromatic N) is 1. The van der Waals surface area contributed by atoms with Gasteiger partial charge in [-0.25, -0.2) is 0 Å². The largest absolute Gasteiger partial charge is 0.497 e. The van der Waals surface area contributed by atoms with E-state index in [-0.39, 0.29) is 17.6 Å². The van der Waals surface area contributed by atoms with Crippen molar-refractivity contribution in [3.05, 3.63) is 69.3 Å². The van der Waals surface area contributed by atoms with Crippen LogP contribution in [0.3, 0.4) is 0 Å². The standard InChI is InChI=1S/C18H20N2O4/c1-4-16(13-8-10-14(24-3)11-9-13)19-18(21)15-6-5-7-17(12(15)2)20(22)23/h5-11,16H,4H2,1-3H3,(H,19,21). The van der Waals surface area contributed by atoms with Crippen LogP contribution in [0.1, 0.15) is 40.9 Å². The first-order chi connectivity index (χ1) is 11.5. The summed E-state index contributed by atoms with van der Waals surface area (Å²) in [6, 6.07) is 11.8. The molecule has 0 aliphatic rings. The maximum Gasteiger partial charge on any atom is 0.273 e. The molecule has 0 saturated heterocycles. The Hall–Kier alpha value is -2.89. The van der Waals surface area contributed by atoms with Crippen LogP contribution < -0.4 is 10.1 Å². The summed E-state index contributed by atoms with van der Waals surface area (Å²) in [6.45, 7) is 3.55. The minimum atomic E-state index is -0.479. The molecule has 2 rings (SSSR count). The number of benzene rings is 2. The van der Waals surface area contributed by atoms with Gasteiger partial charge in [-0.1, -0.05) is 25.1 Å². The smallest absolute Gasteiger partial charge is 0.273 e. The second-order valence-corrected chi connectivity index (χ2v) is 5.41. The third-order valence-corrected chi connectivity index (χ3v) is 3.98. The van der Waals surface area contributed by atoms with Crippen molar-refractivity contribution in [2.45, 2.75) is 26.3 Å². The van der Waals surface area contributed by atoms with E-state index < -0.39 is 4.92 Å². The molecule has 0 saturated carbocycles. The predicted octanol–water partition coefficient (Wildman–Crippen LogP) is 3.79. The highest BCUT2D eigenvalue weighted by Crippen LogP contribution is 2.24. The molecule has 0 fully saturated rings. The second kappa shape index (κ2) is 7.59. The number of nitrogens with one attached hydrogen (secondary N) is 1. The molecule has 0 aromatic heterocycles. The molecule has 6 nitrogen and oxygen atoms in total. The molecule has 24 heavy (non-hydrogen) atoms. The summed E-state index contributed by atoms with van der Waals surface area (Å²) in [5.41, 5.74) is 1.58. The molecule has 0 spiro atoms. The van der Waals surface area contributed by atoms with Crippen LogP contribution in [0.2, 0.25) is 0 Å². The molecule has 0 aliphatic heterocycles. The second-order valence-electron chi connectivity index (χ2n) is 5.41. The highest BCUT2D eigenvalue weighted by molar-refractivity contribution is 5.96. The van der Waals surface area contributed by atoms with Gasteiger partial charge in [0.25, 0.3) is 11.6 Å². The van der Waals surface area contributed by atoms with E-state index >= 15 is 0 Å². The van der Waals surface area contributed by atoms with Gasteiger partial charge in [-0.15, -0.1) is 0 Å². The van der Waals surface area contributed by atoms with Crippen molar-refractivity contribution in [2.24, 2.45) is 0 Å². The lowest BCUT2D eigenvalue weighted by Crippen LogP contribution is -2.28. The fourth-order valence-electron chi connectivity index (χ4n) is 2.56. The van der Waals surface area contributed by atoms with Crippen molar-refractivity contribution in [2.75, 3.05) is 7.11 Å². The molecule has 126 valence electrons. The van der Waals surface area contributed by atoms with Crippen molar-refractivity contribution < 1.29 is 14.5 Å². The Balaban J connectivity index is 2.23. The van der Waals surface area contributed by atoms with Gasteiger partial charge < -0.3 is 10.1 Å². The van der Waals surface area contributed by atoms with E-state index in [0.29, 0.717) is 17.5 Å². The molecule has 0 bridgehead atoms. The van der Waals surface area contributed by atoms with E-state index in [1.807, 2.05) is 31.2 Å². The molecule has 6 heteroatoms. The van der Waals surface area contributed by atoms with Gasteiger partial charge >= 0.3 is 0 Å². The van der Waals surface area contributed by atoms with Crippen LogP contribution in [0.15, 0.2) is 42.5 Å². The van der Waals surface area contributed by atoms with Gasteiger partial charge in [0, 0.05) is 17.2 Å². The monoisotopic (exact) mass is 328 g/mol. The third-order valence-electron chi connectivity index (χ3n) is 3.98. The first-order valence-electron chi connectivity index (χ1n) is 7.66. The van der Waals surface area contributed by atoms with Gasteiger partial charge in [0.15, 0.2) is 0 Å². The summed E-state index contributed by atoms with van der Waals surface area (Å²) >= 11 is 0. The van der Waals surface area contributed by atoms with Crippen LogP contribution in [-0.2, 0) is 0 Å². The van der Waals surface area contributed by atoms with Crippen molar-refractivity contribution in [1.29, 1.82) is 0 Å². The summed E-state index contributed by atoms with van der Waals surface area (Å²) in [6.07, 6.45) is 0.700. The summed E-state index contributed by atoms with van der Waals surface area (Å²) in [5, 5.41) is 14.0. The Morgan fingerprint density at radius 3 is 2.46 bits per heavy atom.